The van der Waals surface area contributed by atoms with Crippen molar-refractivity contribution in [1.29, 1.82) is 0 Å². The minimum atomic E-state index is -0.913. The van der Waals surface area contributed by atoms with Gasteiger partial charge in [0.15, 0.2) is 6.29 Å². The van der Waals surface area contributed by atoms with Gasteiger partial charge in [-0.3, -0.25) is 4.79 Å². The lowest BCUT2D eigenvalue weighted by molar-refractivity contribution is -0.291. The highest BCUT2D eigenvalue weighted by atomic mass is 79.9. The molecular weight excluding hydrogens is 440 g/mol. The Bertz CT molecular complexity index is 818. The van der Waals surface area contributed by atoms with Crippen LogP contribution in [0.25, 0.3) is 5.57 Å². The zero-order valence-corrected chi connectivity index (χ0v) is 18.6. The average molecular weight is 467 g/mol. The Morgan fingerprint density at radius 2 is 2.00 bits per heavy atom. The van der Waals surface area contributed by atoms with Crippen molar-refractivity contribution >= 4 is 27.4 Å². The van der Waals surface area contributed by atoms with E-state index in [4.69, 9.17) is 14.4 Å². The van der Waals surface area contributed by atoms with Gasteiger partial charge in [0.25, 0.3) is 5.91 Å². The van der Waals surface area contributed by atoms with Gasteiger partial charge in [-0.15, -0.1) is 0 Å². The van der Waals surface area contributed by atoms with Gasteiger partial charge in [0.1, 0.15) is 11.3 Å². The van der Waals surface area contributed by atoms with Crippen LogP contribution >= 0.6 is 15.9 Å². The summed E-state index contributed by atoms with van der Waals surface area (Å²) in [6.45, 7) is 5.73. The fourth-order valence-corrected chi connectivity index (χ4v) is 5.43. The van der Waals surface area contributed by atoms with Crippen LogP contribution in [0.2, 0.25) is 0 Å². The molecule has 8 heteroatoms. The molecule has 7 nitrogen and oxygen atoms in total. The van der Waals surface area contributed by atoms with E-state index in [1.807, 2.05) is 31.0 Å². The Morgan fingerprint density at radius 1 is 1.28 bits per heavy atom. The normalized spacial score (nSPS) is 24.9. The second-order valence-corrected chi connectivity index (χ2v) is 8.81. The molecule has 1 amide bonds. The summed E-state index contributed by atoms with van der Waals surface area (Å²) in [6, 6.07) is 3.97. The third-order valence-electron chi connectivity index (χ3n) is 6.07. The minimum Gasteiger partial charge on any atom is -0.509 e. The van der Waals surface area contributed by atoms with Crippen molar-refractivity contribution in [3.8, 4) is 0 Å². The fourth-order valence-electron chi connectivity index (χ4n) is 4.56. The summed E-state index contributed by atoms with van der Waals surface area (Å²) >= 11 is 3.59. The predicted octanol–water partition coefficient (Wildman–Crippen LogP) is 3.64. The third-order valence-corrected chi connectivity index (χ3v) is 6.69. The van der Waals surface area contributed by atoms with E-state index in [0.717, 1.165) is 28.4 Å². The van der Waals surface area contributed by atoms with Crippen LogP contribution in [0.3, 0.4) is 0 Å². The molecule has 0 aromatic heterocycles. The van der Waals surface area contributed by atoms with E-state index in [1.54, 1.807) is 7.11 Å². The van der Waals surface area contributed by atoms with Crippen LogP contribution in [0.15, 0.2) is 22.4 Å². The van der Waals surface area contributed by atoms with Crippen molar-refractivity contribution in [1.82, 2.24) is 10.1 Å². The van der Waals surface area contributed by atoms with E-state index in [0.29, 0.717) is 43.7 Å². The molecule has 1 aromatic rings. The highest BCUT2D eigenvalue weighted by molar-refractivity contribution is 9.10. The molecule has 0 bridgehead atoms. The molecule has 1 unspecified atom stereocenters. The Balaban J connectivity index is 1.78. The summed E-state index contributed by atoms with van der Waals surface area (Å²) in [5.41, 5.74) is 2.11. The molecule has 1 atom stereocenters. The van der Waals surface area contributed by atoms with Gasteiger partial charge in [0.2, 0.25) is 0 Å². The van der Waals surface area contributed by atoms with Crippen LogP contribution in [0, 0.1) is 13.8 Å². The van der Waals surface area contributed by atoms with Crippen molar-refractivity contribution in [3.05, 3.63) is 39.1 Å². The van der Waals surface area contributed by atoms with Crippen molar-refractivity contribution in [2.45, 2.75) is 51.4 Å². The first kappa shape index (κ1) is 20.8. The summed E-state index contributed by atoms with van der Waals surface area (Å²) in [5.74, 6) is -0.250. The quantitative estimate of drug-likeness (QED) is 0.729. The molecule has 2 saturated heterocycles. The molecule has 4 rings (SSSR count). The van der Waals surface area contributed by atoms with Gasteiger partial charge in [-0.2, -0.15) is 5.06 Å². The zero-order valence-electron chi connectivity index (χ0n) is 17.0. The Labute approximate surface area is 179 Å². The number of ether oxygens (including phenoxy) is 1. The maximum Gasteiger partial charge on any atom is 0.282 e. The standard InChI is InChI=1S/C21H27BrN2O5/c1-13-11-14(2)17(15(22)12-13)18-19(25)21(6-8-23(27-3)9-7-21)24(20(18)26)29-16-5-4-10-28-16/h11-12,16,25H,4-10H2,1-3H3. The first-order chi connectivity index (χ1) is 13.9. The fraction of sp³-hybridized carbons (Fsp3) is 0.571. The molecule has 3 aliphatic rings. The van der Waals surface area contributed by atoms with Gasteiger partial charge in [-0.1, -0.05) is 22.0 Å². The van der Waals surface area contributed by atoms with Crippen molar-refractivity contribution < 1.29 is 24.3 Å². The first-order valence-corrected chi connectivity index (χ1v) is 10.8. The Morgan fingerprint density at radius 3 is 2.59 bits per heavy atom. The third kappa shape index (κ3) is 3.51. The van der Waals surface area contributed by atoms with E-state index in [2.05, 4.69) is 15.9 Å². The smallest absolute Gasteiger partial charge is 0.282 e. The molecule has 1 aromatic carbocycles. The van der Waals surface area contributed by atoms with Crippen LogP contribution in [-0.2, 0) is 19.2 Å². The number of hydrogen-bond donors (Lipinski definition) is 1. The number of hydroxylamine groups is 4. The van der Waals surface area contributed by atoms with Gasteiger partial charge >= 0.3 is 0 Å². The summed E-state index contributed by atoms with van der Waals surface area (Å²) < 4.78 is 6.40. The maximum atomic E-state index is 13.6. The molecule has 3 heterocycles. The molecule has 0 saturated carbocycles. The topological polar surface area (TPSA) is 71.5 Å². The molecule has 3 aliphatic heterocycles. The summed E-state index contributed by atoms with van der Waals surface area (Å²) in [5, 5.41) is 14.6. The number of aryl methyl sites for hydroxylation is 2. The van der Waals surface area contributed by atoms with Gasteiger partial charge in [-0.05, 0) is 50.3 Å². The van der Waals surface area contributed by atoms with Crippen molar-refractivity contribution in [2.24, 2.45) is 0 Å². The van der Waals surface area contributed by atoms with E-state index >= 15 is 0 Å². The minimum absolute atomic E-state index is 0.0731. The van der Waals surface area contributed by atoms with Gasteiger partial charge in [0, 0.05) is 29.5 Å². The van der Waals surface area contributed by atoms with E-state index in [-0.39, 0.29) is 11.7 Å². The Kier molecular flexibility index (Phi) is 5.74. The molecule has 158 valence electrons. The van der Waals surface area contributed by atoms with Gasteiger partial charge < -0.3 is 14.7 Å². The molecule has 1 spiro atoms. The van der Waals surface area contributed by atoms with Crippen LogP contribution in [-0.4, -0.2) is 59.8 Å². The average Bonchev–Trinajstić information content (AvgIpc) is 3.26. The van der Waals surface area contributed by atoms with Crippen LogP contribution in [0.1, 0.15) is 42.4 Å². The second kappa shape index (κ2) is 8.00. The summed E-state index contributed by atoms with van der Waals surface area (Å²) in [4.78, 5) is 25.0. The lowest BCUT2D eigenvalue weighted by atomic mass is 9.85. The SMILES string of the molecule is CON1CCC2(CC1)C(O)=C(c1c(C)cc(C)cc1Br)C(=O)N2OC1CCCO1. The maximum absolute atomic E-state index is 13.6. The number of piperidine rings is 1. The molecule has 1 N–H and O–H groups in total. The lowest BCUT2D eigenvalue weighted by Gasteiger charge is -2.43. The number of aliphatic hydroxyl groups excluding tert-OH is 1. The highest BCUT2D eigenvalue weighted by Crippen LogP contribution is 2.47. The number of aliphatic hydroxyl groups is 1. The van der Waals surface area contributed by atoms with E-state index in [1.165, 1.54) is 5.06 Å². The molecule has 0 aliphatic carbocycles. The largest absolute Gasteiger partial charge is 0.509 e. The van der Waals surface area contributed by atoms with Crippen LogP contribution < -0.4 is 0 Å². The van der Waals surface area contributed by atoms with Gasteiger partial charge in [-0.25, -0.2) is 9.90 Å². The molecular formula is C21H27BrN2O5. The molecule has 0 radical (unpaired) electrons. The van der Waals surface area contributed by atoms with Crippen LogP contribution in [0.4, 0.5) is 0 Å². The molecule has 2 fully saturated rings. The van der Waals surface area contributed by atoms with Crippen LogP contribution in [0.5, 0.6) is 0 Å². The number of amides is 1. The Hall–Kier alpha value is -1.45. The summed E-state index contributed by atoms with van der Waals surface area (Å²) in [7, 11) is 1.63. The zero-order chi connectivity index (χ0) is 20.8. The molecule has 29 heavy (non-hydrogen) atoms. The van der Waals surface area contributed by atoms with E-state index < -0.39 is 11.8 Å². The number of nitrogens with zero attached hydrogens (tertiary/aromatic N) is 2. The van der Waals surface area contributed by atoms with E-state index in [9.17, 15) is 9.90 Å². The number of carbonyl (C=O) groups excluding carboxylic acids is 1. The van der Waals surface area contributed by atoms with Crippen molar-refractivity contribution in [2.75, 3.05) is 26.8 Å². The number of carbonyl (C=O) groups is 1. The second-order valence-electron chi connectivity index (χ2n) is 7.95. The number of rotatable bonds is 4. The van der Waals surface area contributed by atoms with Gasteiger partial charge in [0.05, 0.1) is 19.3 Å². The first-order valence-electron chi connectivity index (χ1n) is 10.00. The predicted molar refractivity (Wildman–Crippen MR) is 111 cm³/mol. The van der Waals surface area contributed by atoms with Crippen molar-refractivity contribution in [3.63, 3.8) is 0 Å². The number of halogens is 1. The monoisotopic (exact) mass is 466 g/mol. The lowest BCUT2D eigenvalue weighted by Crippen LogP contribution is -2.55. The number of benzene rings is 1. The number of hydrogen-bond acceptors (Lipinski definition) is 6. The highest BCUT2D eigenvalue weighted by Gasteiger charge is 2.56. The summed E-state index contributed by atoms with van der Waals surface area (Å²) in [6.07, 6.45) is 2.18.